The molecule has 1 unspecified atom stereocenters. The molecule has 1 amide bonds. The van der Waals surface area contributed by atoms with E-state index < -0.39 is 6.10 Å². The van der Waals surface area contributed by atoms with E-state index in [0.717, 1.165) is 0 Å². The number of amides is 1. The summed E-state index contributed by atoms with van der Waals surface area (Å²) in [6.07, 6.45) is 2.61. The van der Waals surface area contributed by atoms with E-state index in [1.807, 2.05) is 19.9 Å². The lowest BCUT2D eigenvalue weighted by molar-refractivity contribution is -0.110. The number of aromatic nitrogens is 2. The van der Waals surface area contributed by atoms with Gasteiger partial charge in [0.05, 0.1) is 22.5 Å². The summed E-state index contributed by atoms with van der Waals surface area (Å²) in [4.78, 5) is 12.4. The molecular formula is C20H26N4O4. The van der Waals surface area contributed by atoms with Crippen LogP contribution < -0.4 is 15.4 Å². The van der Waals surface area contributed by atoms with E-state index >= 15 is 0 Å². The Morgan fingerprint density at radius 1 is 1.36 bits per heavy atom. The predicted molar refractivity (Wildman–Crippen MR) is 107 cm³/mol. The summed E-state index contributed by atoms with van der Waals surface area (Å²) in [5.74, 6) is 0.311. The van der Waals surface area contributed by atoms with Crippen LogP contribution in [0.2, 0.25) is 0 Å². The van der Waals surface area contributed by atoms with Crippen molar-refractivity contribution in [1.29, 1.82) is 0 Å². The number of carbonyl (C=O) groups excluding carboxylic acids is 1. The molecule has 0 aliphatic carbocycles. The first kappa shape index (κ1) is 20.1. The molecule has 8 heteroatoms. The van der Waals surface area contributed by atoms with Crippen molar-refractivity contribution in [2.24, 2.45) is 5.41 Å². The SMILES string of the molecule is CC(C)(CO)CNCC(O)COc1cccc2c1C(=Cc1ccn[nH]1)C(=O)N2. The first-order valence-electron chi connectivity index (χ1n) is 9.18. The summed E-state index contributed by atoms with van der Waals surface area (Å²) < 4.78 is 5.82. The van der Waals surface area contributed by atoms with Crippen LogP contribution in [0.1, 0.15) is 25.1 Å². The summed E-state index contributed by atoms with van der Waals surface area (Å²) in [6.45, 7) is 4.94. The number of fused-ring (bicyclic) bond motifs is 1. The van der Waals surface area contributed by atoms with Crippen molar-refractivity contribution in [3.05, 3.63) is 41.7 Å². The highest BCUT2D eigenvalue weighted by atomic mass is 16.5. The molecule has 1 atom stereocenters. The zero-order valence-electron chi connectivity index (χ0n) is 16.0. The topological polar surface area (TPSA) is 120 Å². The minimum atomic E-state index is -0.726. The van der Waals surface area contributed by atoms with Gasteiger partial charge in [0.2, 0.25) is 0 Å². The molecule has 3 rings (SSSR count). The van der Waals surface area contributed by atoms with Crippen molar-refractivity contribution in [1.82, 2.24) is 15.5 Å². The quantitative estimate of drug-likeness (QED) is 0.414. The van der Waals surface area contributed by atoms with Gasteiger partial charge in [0.1, 0.15) is 18.5 Å². The highest BCUT2D eigenvalue weighted by molar-refractivity contribution is 6.35. The van der Waals surface area contributed by atoms with Crippen LogP contribution >= 0.6 is 0 Å². The van der Waals surface area contributed by atoms with Crippen LogP contribution in [0.25, 0.3) is 11.6 Å². The van der Waals surface area contributed by atoms with Crippen LogP contribution in [-0.2, 0) is 4.79 Å². The fourth-order valence-corrected chi connectivity index (χ4v) is 2.85. The number of hydrogen-bond donors (Lipinski definition) is 5. The first-order chi connectivity index (χ1) is 13.4. The number of aromatic amines is 1. The van der Waals surface area contributed by atoms with Crippen molar-refractivity contribution in [3.8, 4) is 5.75 Å². The van der Waals surface area contributed by atoms with Gasteiger partial charge in [-0.2, -0.15) is 5.10 Å². The molecule has 2 aromatic rings. The molecule has 0 fully saturated rings. The zero-order chi connectivity index (χ0) is 20.1. The number of hydrogen-bond acceptors (Lipinski definition) is 6. The van der Waals surface area contributed by atoms with Gasteiger partial charge in [-0.25, -0.2) is 0 Å². The Hall–Kier alpha value is -2.68. The fourth-order valence-electron chi connectivity index (χ4n) is 2.85. The lowest BCUT2D eigenvalue weighted by Crippen LogP contribution is -2.38. The van der Waals surface area contributed by atoms with Gasteiger partial charge in [-0.1, -0.05) is 19.9 Å². The van der Waals surface area contributed by atoms with E-state index in [1.54, 1.807) is 30.5 Å². The van der Waals surface area contributed by atoms with Crippen molar-refractivity contribution in [2.75, 3.05) is 31.6 Å². The van der Waals surface area contributed by atoms with E-state index in [9.17, 15) is 15.0 Å². The van der Waals surface area contributed by atoms with E-state index in [0.29, 0.717) is 41.4 Å². The van der Waals surface area contributed by atoms with Crippen molar-refractivity contribution >= 4 is 23.2 Å². The molecule has 2 heterocycles. The van der Waals surface area contributed by atoms with Gasteiger partial charge in [0.25, 0.3) is 5.91 Å². The third-order valence-electron chi connectivity index (χ3n) is 4.45. The van der Waals surface area contributed by atoms with Gasteiger partial charge in [0, 0.05) is 31.3 Å². The average molecular weight is 386 g/mol. The number of ether oxygens (including phenoxy) is 1. The molecule has 5 N–H and O–H groups in total. The Kier molecular flexibility index (Phi) is 6.13. The van der Waals surface area contributed by atoms with Crippen molar-refractivity contribution < 1.29 is 19.7 Å². The maximum Gasteiger partial charge on any atom is 0.256 e. The average Bonchev–Trinajstić information content (AvgIpc) is 3.28. The minimum Gasteiger partial charge on any atom is -0.490 e. The van der Waals surface area contributed by atoms with Crippen LogP contribution in [-0.4, -0.2) is 58.7 Å². The molecule has 1 aromatic heterocycles. The Bertz CT molecular complexity index is 846. The van der Waals surface area contributed by atoms with Crippen LogP contribution in [0.3, 0.4) is 0 Å². The number of carbonyl (C=O) groups is 1. The Balaban J connectivity index is 1.66. The molecule has 0 bridgehead atoms. The highest BCUT2D eigenvalue weighted by Crippen LogP contribution is 2.39. The lowest BCUT2D eigenvalue weighted by Gasteiger charge is -2.23. The molecule has 8 nitrogen and oxygen atoms in total. The first-order valence-corrected chi connectivity index (χ1v) is 9.18. The largest absolute Gasteiger partial charge is 0.490 e. The van der Waals surface area contributed by atoms with Crippen molar-refractivity contribution in [3.63, 3.8) is 0 Å². The molecule has 0 saturated heterocycles. The second-order valence-corrected chi connectivity index (χ2v) is 7.62. The number of H-pyrrole nitrogens is 1. The molecule has 28 heavy (non-hydrogen) atoms. The Labute approximate surface area is 163 Å². The van der Waals surface area contributed by atoms with Crippen LogP contribution in [0.4, 0.5) is 5.69 Å². The molecule has 150 valence electrons. The zero-order valence-corrected chi connectivity index (χ0v) is 16.0. The number of benzene rings is 1. The lowest BCUT2D eigenvalue weighted by atomic mass is 9.95. The van der Waals surface area contributed by atoms with Gasteiger partial charge in [0.15, 0.2) is 0 Å². The molecule has 1 aliphatic heterocycles. The summed E-state index contributed by atoms with van der Waals surface area (Å²) in [5, 5.41) is 32.1. The van der Waals surface area contributed by atoms with Crippen molar-refractivity contribution in [2.45, 2.75) is 20.0 Å². The second kappa shape index (κ2) is 8.55. The van der Waals surface area contributed by atoms with E-state index in [2.05, 4.69) is 20.8 Å². The standard InChI is InChI=1S/C20H26N4O4/c1-20(2,12-25)11-21-9-14(26)10-28-17-5-3-4-16-18(17)15(19(27)23-16)8-13-6-7-22-24-13/h3-8,14,21,25-26H,9-12H2,1-2H3,(H,22,24)(H,23,27). The summed E-state index contributed by atoms with van der Waals surface area (Å²) in [7, 11) is 0. The highest BCUT2D eigenvalue weighted by Gasteiger charge is 2.28. The Morgan fingerprint density at radius 3 is 2.89 bits per heavy atom. The van der Waals surface area contributed by atoms with Crippen LogP contribution in [0.15, 0.2) is 30.5 Å². The van der Waals surface area contributed by atoms with Gasteiger partial charge >= 0.3 is 0 Å². The number of nitrogens with zero attached hydrogens (tertiary/aromatic N) is 1. The molecule has 1 aromatic carbocycles. The monoisotopic (exact) mass is 386 g/mol. The number of rotatable bonds is 9. The Morgan fingerprint density at radius 2 is 2.18 bits per heavy atom. The third kappa shape index (κ3) is 4.78. The van der Waals surface area contributed by atoms with Gasteiger partial charge in [-0.05, 0) is 24.3 Å². The normalized spacial score (nSPS) is 16.1. The molecular weight excluding hydrogens is 360 g/mol. The summed E-state index contributed by atoms with van der Waals surface area (Å²) in [5.41, 5.74) is 2.28. The van der Waals surface area contributed by atoms with E-state index in [4.69, 9.17) is 4.74 Å². The number of anilines is 1. The minimum absolute atomic E-state index is 0.0647. The summed E-state index contributed by atoms with van der Waals surface area (Å²) >= 11 is 0. The number of aliphatic hydroxyl groups excluding tert-OH is 2. The fraction of sp³-hybridized carbons (Fsp3) is 0.400. The van der Waals surface area contributed by atoms with Gasteiger partial charge in [-0.15, -0.1) is 0 Å². The number of nitrogens with one attached hydrogen (secondary N) is 3. The van der Waals surface area contributed by atoms with Gasteiger partial charge < -0.3 is 25.6 Å². The smallest absolute Gasteiger partial charge is 0.256 e. The molecule has 1 aliphatic rings. The second-order valence-electron chi connectivity index (χ2n) is 7.62. The molecule has 0 radical (unpaired) electrons. The maximum absolute atomic E-state index is 12.4. The van der Waals surface area contributed by atoms with Crippen LogP contribution in [0.5, 0.6) is 5.75 Å². The number of aliphatic hydroxyl groups is 2. The summed E-state index contributed by atoms with van der Waals surface area (Å²) in [6, 6.07) is 7.14. The molecule has 0 spiro atoms. The maximum atomic E-state index is 12.4. The van der Waals surface area contributed by atoms with E-state index in [-0.39, 0.29) is 24.5 Å². The molecule has 0 saturated carbocycles. The van der Waals surface area contributed by atoms with E-state index in [1.165, 1.54) is 0 Å². The predicted octanol–water partition coefficient (Wildman–Crippen LogP) is 1.25. The van der Waals surface area contributed by atoms with Crippen LogP contribution in [0, 0.1) is 5.41 Å². The third-order valence-corrected chi connectivity index (χ3v) is 4.45. The van der Waals surface area contributed by atoms with Gasteiger partial charge in [-0.3, -0.25) is 9.89 Å².